The van der Waals surface area contributed by atoms with Crippen molar-refractivity contribution in [1.29, 1.82) is 0 Å². The molecule has 0 aliphatic rings. The molecule has 0 amide bonds. The summed E-state index contributed by atoms with van der Waals surface area (Å²) in [4.78, 5) is 4.50. The SMILES string of the molecule is Cc1cc(C)c2oc(-c3cc(Cl)ccc3N)nc2c1. The van der Waals surface area contributed by atoms with Crippen LogP contribution in [0.4, 0.5) is 5.69 Å². The molecule has 0 aliphatic carbocycles. The number of hydrogen-bond donors (Lipinski definition) is 1. The first-order valence-corrected chi connectivity index (χ1v) is 6.35. The molecule has 0 saturated carbocycles. The lowest BCUT2D eigenvalue weighted by Crippen LogP contribution is -1.89. The zero-order valence-electron chi connectivity index (χ0n) is 10.7. The van der Waals surface area contributed by atoms with E-state index in [0.29, 0.717) is 16.6 Å². The summed E-state index contributed by atoms with van der Waals surface area (Å²) in [7, 11) is 0. The van der Waals surface area contributed by atoms with E-state index in [4.69, 9.17) is 21.8 Å². The van der Waals surface area contributed by atoms with Crippen molar-refractivity contribution >= 4 is 28.4 Å². The van der Waals surface area contributed by atoms with Crippen molar-refractivity contribution in [3.05, 3.63) is 46.5 Å². The van der Waals surface area contributed by atoms with Gasteiger partial charge in [-0.1, -0.05) is 17.7 Å². The fourth-order valence-electron chi connectivity index (χ4n) is 2.21. The lowest BCUT2D eigenvalue weighted by Gasteiger charge is -2.01. The van der Waals surface area contributed by atoms with Crippen molar-refractivity contribution < 1.29 is 4.42 Å². The lowest BCUT2D eigenvalue weighted by molar-refractivity contribution is 0.617. The number of nitrogen functional groups attached to an aromatic ring is 1. The van der Waals surface area contributed by atoms with Crippen molar-refractivity contribution in [3.8, 4) is 11.5 Å². The van der Waals surface area contributed by atoms with E-state index in [0.717, 1.165) is 27.8 Å². The molecule has 1 aromatic heterocycles. The predicted octanol–water partition coefficient (Wildman–Crippen LogP) is 4.35. The van der Waals surface area contributed by atoms with E-state index >= 15 is 0 Å². The van der Waals surface area contributed by atoms with E-state index in [1.165, 1.54) is 0 Å². The van der Waals surface area contributed by atoms with Crippen molar-refractivity contribution in [3.63, 3.8) is 0 Å². The van der Waals surface area contributed by atoms with Gasteiger partial charge in [0.2, 0.25) is 5.89 Å². The maximum Gasteiger partial charge on any atom is 0.229 e. The molecule has 2 N–H and O–H groups in total. The Morgan fingerprint density at radius 3 is 2.74 bits per heavy atom. The molecule has 4 heteroatoms. The summed E-state index contributed by atoms with van der Waals surface area (Å²) < 4.78 is 5.83. The summed E-state index contributed by atoms with van der Waals surface area (Å²) in [5, 5.41) is 0.611. The molecule has 0 fully saturated rings. The highest BCUT2D eigenvalue weighted by atomic mass is 35.5. The number of fused-ring (bicyclic) bond motifs is 1. The Morgan fingerprint density at radius 2 is 1.95 bits per heavy atom. The predicted molar refractivity (Wildman–Crippen MR) is 78.3 cm³/mol. The smallest absolute Gasteiger partial charge is 0.229 e. The van der Waals surface area contributed by atoms with Crippen LogP contribution in [0.5, 0.6) is 0 Å². The Hall–Kier alpha value is -2.00. The van der Waals surface area contributed by atoms with E-state index in [1.54, 1.807) is 18.2 Å². The maximum absolute atomic E-state index is 6.00. The molecule has 1 heterocycles. The van der Waals surface area contributed by atoms with Crippen LogP contribution < -0.4 is 5.73 Å². The molecule has 0 unspecified atom stereocenters. The highest BCUT2D eigenvalue weighted by Gasteiger charge is 2.13. The minimum Gasteiger partial charge on any atom is -0.436 e. The Kier molecular flexibility index (Phi) is 2.72. The summed E-state index contributed by atoms with van der Waals surface area (Å²) in [5.41, 5.74) is 11.1. The van der Waals surface area contributed by atoms with Gasteiger partial charge in [-0.25, -0.2) is 4.98 Å². The van der Waals surface area contributed by atoms with Crippen LogP contribution in [0.3, 0.4) is 0 Å². The zero-order valence-corrected chi connectivity index (χ0v) is 11.5. The number of nitrogens with two attached hydrogens (primary N) is 1. The second kappa shape index (κ2) is 4.28. The number of oxazole rings is 1. The maximum atomic E-state index is 6.00. The third kappa shape index (κ3) is 2.06. The highest BCUT2D eigenvalue weighted by molar-refractivity contribution is 6.31. The highest BCUT2D eigenvalue weighted by Crippen LogP contribution is 2.32. The third-order valence-corrected chi connectivity index (χ3v) is 3.30. The molecular weight excluding hydrogens is 260 g/mol. The van der Waals surface area contributed by atoms with Crippen LogP contribution in [-0.2, 0) is 0 Å². The molecule has 19 heavy (non-hydrogen) atoms. The molecule has 0 aliphatic heterocycles. The number of aromatic nitrogens is 1. The second-order valence-corrected chi connectivity index (χ2v) is 5.12. The Labute approximate surface area is 116 Å². The van der Waals surface area contributed by atoms with Gasteiger partial charge in [-0.3, -0.25) is 0 Å². The first kappa shape index (κ1) is 12.1. The fraction of sp³-hybridized carbons (Fsp3) is 0.133. The number of aryl methyl sites for hydroxylation is 2. The molecular formula is C15H13ClN2O. The van der Waals surface area contributed by atoms with Crippen molar-refractivity contribution in [1.82, 2.24) is 4.98 Å². The van der Waals surface area contributed by atoms with E-state index < -0.39 is 0 Å². The number of rotatable bonds is 1. The van der Waals surface area contributed by atoms with Crippen LogP contribution in [0, 0.1) is 13.8 Å². The summed E-state index contributed by atoms with van der Waals surface area (Å²) in [5.74, 6) is 0.503. The summed E-state index contributed by atoms with van der Waals surface area (Å²) in [6, 6.07) is 9.33. The van der Waals surface area contributed by atoms with E-state index in [1.807, 2.05) is 19.9 Å². The number of nitrogens with zero attached hydrogens (tertiary/aromatic N) is 1. The van der Waals surface area contributed by atoms with Gasteiger partial charge in [0.25, 0.3) is 0 Å². The standard InChI is InChI=1S/C15H13ClN2O/c1-8-5-9(2)14-13(6-8)18-15(19-14)11-7-10(16)3-4-12(11)17/h3-7H,17H2,1-2H3. The fourth-order valence-corrected chi connectivity index (χ4v) is 2.38. The molecule has 3 aromatic rings. The van der Waals surface area contributed by atoms with E-state index in [9.17, 15) is 0 Å². The lowest BCUT2D eigenvalue weighted by atomic mass is 10.1. The van der Waals surface area contributed by atoms with Gasteiger partial charge in [-0.05, 0) is 49.2 Å². The van der Waals surface area contributed by atoms with Gasteiger partial charge in [-0.15, -0.1) is 0 Å². The van der Waals surface area contributed by atoms with Crippen LogP contribution in [-0.4, -0.2) is 4.98 Å². The molecule has 0 radical (unpaired) electrons. The Morgan fingerprint density at radius 1 is 1.16 bits per heavy atom. The van der Waals surface area contributed by atoms with Gasteiger partial charge in [0.1, 0.15) is 5.52 Å². The van der Waals surface area contributed by atoms with Gasteiger partial charge in [0, 0.05) is 10.7 Å². The third-order valence-electron chi connectivity index (χ3n) is 3.07. The minimum atomic E-state index is 0.503. The van der Waals surface area contributed by atoms with Crippen molar-refractivity contribution in [2.45, 2.75) is 13.8 Å². The van der Waals surface area contributed by atoms with Gasteiger partial charge in [0.15, 0.2) is 5.58 Å². The average molecular weight is 273 g/mol. The molecule has 0 saturated heterocycles. The summed E-state index contributed by atoms with van der Waals surface area (Å²) in [6.07, 6.45) is 0. The molecule has 0 atom stereocenters. The minimum absolute atomic E-state index is 0.503. The van der Waals surface area contributed by atoms with Crippen LogP contribution in [0.15, 0.2) is 34.7 Å². The normalized spacial score (nSPS) is 11.1. The quantitative estimate of drug-likeness (QED) is 0.670. The Balaban J connectivity index is 2.26. The molecule has 0 spiro atoms. The van der Waals surface area contributed by atoms with Crippen molar-refractivity contribution in [2.75, 3.05) is 5.73 Å². The Bertz CT molecular complexity index is 777. The number of hydrogen-bond acceptors (Lipinski definition) is 3. The number of halogens is 1. The van der Waals surface area contributed by atoms with Crippen molar-refractivity contribution in [2.24, 2.45) is 0 Å². The summed E-state index contributed by atoms with van der Waals surface area (Å²) >= 11 is 6.00. The molecule has 96 valence electrons. The van der Waals surface area contributed by atoms with Crippen LogP contribution in [0.1, 0.15) is 11.1 Å². The van der Waals surface area contributed by atoms with Crippen LogP contribution in [0.2, 0.25) is 5.02 Å². The van der Waals surface area contributed by atoms with Gasteiger partial charge < -0.3 is 10.2 Å². The molecule has 3 rings (SSSR count). The topological polar surface area (TPSA) is 52.0 Å². The number of anilines is 1. The monoisotopic (exact) mass is 272 g/mol. The number of benzene rings is 2. The molecule has 3 nitrogen and oxygen atoms in total. The van der Waals surface area contributed by atoms with Gasteiger partial charge in [-0.2, -0.15) is 0 Å². The largest absolute Gasteiger partial charge is 0.436 e. The zero-order chi connectivity index (χ0) is 13.6. The first-order chi connectivity index (χ1) is 9.04. The van der Waals surface area contributed by atoms with E-state index in [-0.39, 0.29) is 0 Å². The molecule has 0 bridgehead atoms. The first-order valence-electron chi connectivity index (χ1n) is 5.98. The van der Waals surface area contributed by atoms with Crippen LogP contribution >= 0.6 is 11.6 Å². The summed E-state index contributed by atoms with van der Waals surface area (Å²) in [6.45, 7) is 4.04. The molecule has 2 aromatic carbocycles. The van der Waals surface area contributed by atoms with Gasteiger partial charge >= 0.3 is 0 Å². The van der Waals surface area contributed by atoms with Gasteiger partial charge in [0.05, 0.1) is 5.56 Å². The second-order valence-electron chi connectivity index (χ2n) is 4.68. The average Bonchev–Trinajstić information content (AvgIpc) is 2.76. The van der Waals surface area contributed by atoms with Crippen LogP contribution in [0.25, 0.3) is 22.6 Å². The van der Waals surface area contributed by atoms with E-state index in [2.05, 4.69) is 11.1 Å².